The lowest BCUT2D eigenvalue weighted by atomic mass is 10.2. The zero-order chi connectivity index (χ0) is 7.98. The van der Waals surface area contributed by atoms with Gasteiger partial charge in [0.25, 0.3) is 0 Å². The van der Waals surface area contributed by atoms with Gasteiger partial charge < -0.3 is 4.74 Å². The number of rotatable bonds is 4. The lowest BCUT2D eigenvalue weighted by Crippen LogP contribution is -2.03. The summed E-state index contributed by atoms with van der Waals surface area (Å²) in [6.45, 7) is 3.99. The van der Waals surface area contributed by atoms with Crippen molar-refractivity contribution in [2.75, 3.05) is 13.7 Å². The van der Waals surface area contributed by atoms with Crippen molar-refractivity contribution in [1.29, 1.82) is 0 Å². The Balaban J connectivity index is 3.98. The van der Waals surface area contributed by atoms with Crippen molar-refractivity contribution in [3.05, 3.63) is 11.6 Å². The van der Waals surface area contributed by atoms with Crippen LogP contribution in [0.15, 0.2) is 11.6 Å². The molecule has 0 saturated heterocycles. The molecule has 0 unspecified atom stereocenters. The van der Waals surface area contributed by atoms with Crippen LogP contribution >= 0.6 is 0 Å². The Kier molecular flexibility index (Phi) is 4.85. The summed E-state index contributed by atoms with van der Waals surface area (Å²) in [5.74, 6) is 0.101. The van der Waals surface area contributed by atoms with Gasteiger partial charge in [-0.05, 0) is 13.3 Å². The summed E-state index contributed by atoms with van der Waals surface area (Å²) >= 11 is 0. The SMILES string of the molecule is CC/C=C(/COC)C(C)=O. The summed E-state index contributed by atoms with van der Waals surface area (Å²) < 4.78 is 4.83. The Bertz CT molecular complexity index is 136. The van der Waals surface area contributed by atoms with Crippen molar-refractivity contribution in [3.8, 4) is 0 Å². The minimum atomic E-state index is 0.101. The molecule has 0 rings (SSSR count). The standard InChI is InChI=1S/C8H14O2/c1-4-5-8(6-10-3)7(2)9/h5H,4,6H2,1-3H3/b8-5-. The van der Waals surface area contributed by atoms with E-state index in [2.05, 4.69) is 0 Å². The fourth-order valence-corrected chi connectivity index (χ4v) is 0.706. The normalized spacial score (nSPS) is 11.7. The second-order valence-electron chi connectivity index (χ2n) is 2.13. The first-order valence-corrected chi connectivity index (χ1v) is 3.41. The first-order valence-electron chi connectivity index (χ1n) is 3.41. The molecule has 0 aromatic carbocycles. The van der Waals surface area contributed by atoms with Crippen LogP contribution in [-0.2, 0) is 9.53 Å². The maximum absolute atomic E-state index is 10.8. The Hall–Kier alpha value is -0.630. The second-order valence-corrected chi connectivity index (χ2v) is 2.13. The second kappa shape index (κ2) is 5.18. The van der Waals surface area contributed by atoms with Crippen LogP contribution in [0, 0.1) is 0 Å². The molecule has 2 heteroatoms. The highest BCUT2D eigenvalue weighted by Crippen LogP contribution is 1.98. The van der Waals surface area contributed by atoms with Gasteiger partial charge in [-0.1, -0.05) is 13.0 Å². The van der Waals surface area contributed by atoms with Gasteiger partial charge in [-0.3, -0.25) is 4.79 Å². The van der Waals surface area contributed by atoms with E-state index in [0.717, 1.165) is 12.0 Å². The van der Waals surface area contributed by atoms with E-state index < -0.39 is 0 Å². The molecule has 0 aliphatic rings. The molecular formula is C8H14O2. The van der Waals surface area contributed by atoms with Gasteiger partial charge in [0.15, 0.2) is 5.78 Å². The molecule has 0 radical (unpaired) electrons. The van der Waals surface area contributed by atoms with E-state index in [4.69, 9.17) is 4.74 Å². The molecule has 58 valence electrons. The molecule has 0 heterocycles. The Morgan fingerprint density at radius 1 is 1.60 bits per heavy atom. The van der Waals surface area contributed by atoms with Crippen molar-refractivity contribution in [2.24, 2.45) is 0 Å². The zero-order valence-electron chi connectivity index (χ0n) is 6.81. The van der Waals surface area contributed by atoms with Crippen molar-refractivity contribution in [1.82, 2.24) is 0 Å². The third kappa shape index (κ3) is 3.41. The highest BCUT2D eigenvalue weighted by atomic mass is 16.5. The molecule has 0 spiro atoms. The van der Waals surface area contributed by atoms with Crippen LogP contribution in [0.2, 0.25) is 0 Å². The van der Waals surface area contributed by atoms with Crippen molar-refractivity contribution >= 4 is 5.78 Å². The van der Waals surface area contributed by atoms with Crippen LogP contribution in [0.25, 0.3) is 0 Å². The van der Waals surface area contributed by atoms with Crippen LogP contribution in [-0.4, -0.2) is 19.5 Å². The van der Waals surface area contributed by atoms with Crippen molar-refractivity contribution in [2.45, 2.75) is 20.3 Å². The summed E-state index contributed by atoms with van der Waals surface area (Å²) in [5, 5.41) is 0. The monoisotopic (exact) mass is 142 g/mol. The van der Waals surface area contributed by atoms with E-state index in [1.165, 1.54) is 0 Å². The zero-order valence-corrected chi connectivity index (χ0v) is 6.81. The van der Waals surface area contributed by atoms with E-state index >= 15 is 0 Å². The van der Waals surface area contributed by atoms with E-state index in [9.17, 15) is 4.79 Å². The number of ketones is 1. The third-order valence-corrected chi connectivity index (χ3v) is 1.20. The molecule has 0 aliphatic heterocycles. The molecule has 10 heavy (non-hydrogen) atoms. The molecule has 0 saturated carbocycles. The largest absolute Gasteiger partial charge is 0.380 e. The Morgan fingerprint density at radius 3 is 2.50 bits per heavy atom. The molecule has 2 nitrogen and oxygen atoms in total. The van der Waals surface area contributed by atoms with Crippen LogP contribution in [0.4, 0.5) is 0 Å². The highest BCUT2D eigenvalue weighted by Gasteiger charge is 2.00. The molecule has 0 bridgehead atoms. The number of carbonyl (C=O) groups is 1. The Labute approximate surface area is 61.9 Å². The van der Waals surface area contributed by atoms with Gasteiger partial charge in [-0.2, -0.15) is 0 Å². The molecule has 0 fully saturated rings. The summed E-state index contributed by atoms with van der Waals surface area (Å²) in [5.41, 5.74) is 0.769. The molecular weight excluding hydrogens is 128 g/mol. The van der Waals surface area contributed by atoms with Gasteiger partial charge in [-0.25, -0.2) is 0 Å². The molecule has 0 aromatic rings. The van der Waals surface area contributed by atoms with Gasteiger partial charge in [-0.15, -0.1) is 0 Å². The summed E-state index contributed by atoms with van der Waals surface area (Å²) in [6, 6.07) is 0. The number of ether oxygens (including phenoxy) is 1. The van der Waals surface area contributed by atoms with Gasteiger partial charge in [0.2, 0.25) is 0 Å². The topological polar surface area (TPSA) is 26.3 Å². The number of Topliss-reactive ketones (excluding diaryl/α,β-unsaturated/α-hetero) is 1. The van der Waals surface area contributed by atoms with Gasteiger partial charge >= 0.3 is 0 Å². The van der Waals surface area contributed by atoms with Crippen molar-refractivity contribution < 1.29 is 9.53 Å². The Morgan fingerprint density at radius 2 is 2.20 bits per heavy atom. The fraction of sp³-hybridized carbons (Fsp3) is 0.625. The van der Waals surface area contributed by atoms with Crippen LogP contribution in [0.3, 0.4) is 0 Å². The number of carbonyl (C=O) groups excluding carboxylic acids is 1. The predicted molar refractivity (Wildman–Crippen MR) is 40.9 cm³/mol. The average molecular weight is 142 g/mol. The van der Waals surface area contributed by atoms with Crippen LogP contribution in [0.5, 0.6) is 0 Å². The van der Waals surface area contributed by atoms with Crippen LogP contribution < -0.4 is 0 Å². The van der Waals surface area contributed by atoms with E-state index in [0.29, 0.717) is 6.61 Å². The first kappa shape index (κ1) is 9.37. The third-order valence-electron chi connectivity index (χ3n) is 1.20. The molecule has 0 aromatic heterocycles. The number of allylic oxidation sites excluding steroid dienone is 1. The minimum absolute atomic E-state index is 0.101. The number of methoxy groups -OCH3 is 1. The summed E-state index contributed by atoms with van der Waals surface area (Å²) in [7, 11) is 1.59. The lowest BCUT2D eigenvalue weighted by molar-refractivity contribution is -0.114. The first-order chi connectivity index (χ1) is 4.72. The lowest BCUT2D eigenvalue weighted by Gasteiger charge is -1.99. The maximum Gasteiger partial charge on any atom is 0.157 e. The summed E-state index contributed by atoms with van der Waals surface area (Å²) in [6.07, 6.45) is 2.78. The quantitative estimate of drug-likeness (QED) is 0.557. The smallest absolute Gasteiger partial charge is 0.157 e. The maximum atomic E-state index is 10.8. The van der Waals surface area contributed by atoms with Crippen LogP contribution in [0.1, 0.15) is 20.3 Å². The highest BCUT2D eigenvalue weighted by molar-refractivity contribution is 5.93. The van der Waals surface area contributed by atoms with Gasteiger partial charge in [0.1, 0.15) is 0 Å². The summed E-state index contributed by atoms with van der Waals surface area (Å²) in [4.78, 5) is 10.8. The fourth-order valence-electron chi connectivity index (χ4n) is 0.706. The molecule has 0 N–H and O–H groups in total. The van der Waals surface area contributed by atoms with E-state index in [-0.39, 0.29) is 5.78 Å². The van der Waals surface area contributed by atoms with E-state index in [1.807, 2.05) is 13.0 Å². The van der Waals surface area contributed by atoms with Gasteiger partial charge in [0.05, 0.1) is 6.61 Å². The minimum Gasteiger partial charge on any atom is -0.380 e. The number of hydrogen-bond acceptors (Lipinski definition) is 2. The van der Waals surface area contributed by atoms with E-state index in [1.54, 1.807) is 14.0 Å². The predicted octanol–water partition coefficient (Wildman–Crippen LogP) is 1.56. The van der Waals surface area contributed by atoms with Gasteiger partial charge in [0, 0.05) is 12.7 Å². The number of hydrogen-bond donors (Lipinski definition) is 0. The molecule has 0 amide bonds. The average Bonchev–Trinajstić information content (AvgIpc) is 1.87. The molecule has 0 aliphatic carbocycles. The molecule has 0 atom stereocenters. The van der Waals surface area contributed by atoms with Crippen molar-refractivity contribution in [3.63, 3.8) is 0 Å².